The summed E-state index contributed by atoms with van der Waals surface area (Å²) in [6.07, 6.45) is 2.83. The first-order valence-corrected chi connectivity index (χ1v) is 7.48. The number of benzene rings is 1. The molecule has 1 atom stereocenters. The zero-order valence-corrected chi connectivity index (χ0v) is 12.7. The fraction of sp³-hybridized carbons (Fsp3) is 0.500. The van der Waals surface area contributed by atoms with Crippen molar-refractivity contribution in [1.29, 1.82) is 0 Å². The van der Waals surface area contributed by atoms with Crippen LogP contribution >= 0.6 is 0 Å². The maximum atomic E-state index is 5.55. The average molecular weight is 289 g/mol. The molecule has 2 N–H and O–H groups in total. The molecule has 0 spiro atoms. The van der Waals surface area contributed by atoms with E-state index in [1.165, 1.54) is 0 Å². The Bertz CT molecular complexity index is 554. The molecule has 0 radical (unpaired) electrons. The van der Waals surface area contributed by atoms with Crippen molar-refractivity contribution in [2.45, 2.75) is 33.1 Å². The van der Waals surface area contributed by atoms with Crippen LogP contribution in [0.4, 0.5) is 0 Å². The van der Waals surface area contributed by atoms with Crippen LogP contribution in [0.25, 0.3) is 11.4 Å². The number of aryl methyl sites for hydroxylation is 1. The zero-order valence-electron chi connectivity index (χ0n) is 12.7. The number of hydrogen-bond donors (Lipinski definition) is 1. The van der Waals surface area contributed by atoms with Gasteiger partial charge < -0.3 is 15.0 Å². The lowest BCUT2D eigenvalue weighted by molar-refractivity contribution is 0.340. The molecule has 1 heterocycles. The van der Waals surface area contributed by atoms with Crippen molar-refractivity contribution >= 4 is 0 Å². The van der Waals surface area contributed by atoms with Crippen LogP contribution in [0.5, 0.6) is 5.75 Å². The van der Waals surface area contributed by atoms with Crippen molar-refractivity contribution in [2.75, 3.05) is 13.2 Å². The summed E-state index contributed by atoms with van der Waals surface area (Å²) in [5.41, 5.74) is 6.46. The molecule has 1 unspecified atom stereocenters. The minimum absolute atomic E-state index is 0.576. The second kappa shape index (κ2) is 7.78. The van der Waals surface area contributed by atoms with Gasteiger partial charge in [-0.15, -0.1) is 0 Å². The average Bonchev–Trinajstić information content (AvgIpc) is 2.95. The van der Waals surface area contributed by atoms with Gasteiger partial charge in [0.25, 0.3) is 0 Å². The van der Waals surface area contributed by atoms with E-state index in [-0.39, 0.29) is 0 Å². The first-order chi connectivity index (χ1) is 10.2. The highest BCUT2D eigenvalue weighted by Crippen LogP contribution is 2.22. The molecule has 5 nitrogen and oxygen atoms in total. The van der Waals surface area contributed by atoms with E-state index < -0.39 is 0 Å². The fourth-order valence-electron chi connectivity index (χ4n) is 2.16. The van der Waals surface area contributed by atoms with Gasteiger partial charge in [-0.25, -0.2) is 0 Å². The maximum absolute atomic E-state index is 5.55. The second-order valence-corrected chi connectivity index (χ2v) is 5.19. The predicted molar refractivity (Wildman–Crippen MR) is 82.1 cm³/mol. The number of nitrogens with two attached hydrogens (primary N) is 1. The quantitative estimate of drug-likeness (QED) is 0.808. The Morgan fingerprint density at radius 2 is 2.19 bits per heavy atom. The summed E-state index contributed by atoms with van der Waals surface area (Å²) in [6, 6.07) is 7.73. The summed E-state index contributed by atoms with van der Waals surface area (Å²) < 4.78 is 10.8. The van der Waals surface area contributed by atoms with Crippen LogP contribution in [0.2, 0.25) is 0 Å². The predicted octanol–water partition coefficient (Wildman–Crippen LogP) is 3.05. The van der Waals surface area contributed by atoms with Gasteiger partial charge >= 0.3 is 0 Å². The summed E-state index contributed by atoms with van der Waals surface area (Å²) >= 11 is 0. The molecule has 0 bridgehead atoms. The lowest BCUT2D eigenvalue weighted by Crippen LogP contribution is -2.06. The Balaban J connectivity index is 2.00. The first-order valence-electron chi connectivity index (χ1n) is 7.48. The van der Waals surface area contributed by atoms with Crippen LogP contribution in [0.3, 0.4) is 0 Å². The highest BCUT2D eigenvalue weighted by Gasteiger charge is 2.11. The van der Waals surface area contributed by atoms with Gasteiger partial charge in [-0.3, -0.25) is 0 Å². The lowest BCUT2D eigenvalue weighted by atomic mass is 10.0. The van der Waals surface area contributed by atoms with Crippen molar-refractivity contribution in [3.8, 4) is 17.1 Å². The molecule has 0 amide bonds. The summed E-state index contributed by atoms with van der Waals surface area (Å²) in [7, 11) is 0. The summed E-state index contributed by atoms with van der Waals surface area (Å²) in [5, 5.41) is 4.05. The van der Waals surface area contributed by atoms with Crippen LogP contribution in [0.1, 0.15) is 32.6 Å². The summed E-state index contributed by atoms with van der Waals surface area (Å²) in [6.45, 7) is 5.51. The molecule has 2 rings (SSSR count). The van der Waals surface area contributed by atoms with E-state index in [1.807, 2.05) is 31.2 Å². The van der Waals surface area contributed by atoms with Gasteiger partial charge in [0.05, 0.1) is 6.61 Å². The molecule has 0 fully saturated rings. The van der Waals surface area contributed by atoms with Gasteiger partial charge in [-0.05, 0) is 44.4 Å². The van der Waals surface area contributed by atoms with Gasteiger partial charge in [-0.1, -0.05) is 24.2 Å². The third kappa shape index (κ3) is 4.56. The SMILES string of the molecule is CCOc1cccc(-c2noc(CCC(C)CCN)n2)c1. The molecule has 0 aliphatic rings. The third-order valence-corrected chi connectivity index (χ3v) is 3.38. The van der Waals surface area contributed by atoms with E-state index in [1.54, 1.807) is 0 Å². The van der Waals surface area contributed by atoms with Crippen LogP contribution in [0, 0.1) is 5.92 Å². The molecule has 5 heteroatoms. The van der Waals surface area contributed by atoms with Crippen LogP contribution in [-0.4, -0.2) is 23.3 Å². The minimum atomic E-state index is 0.576. The maximum Gasteiger partial charge on any atom is 0.226 e. The normalized spacial score (nSPS) is 12.3. The molecule has 1 aromatic carbocycles. The second-order valence-electron chi connectivity index (χ2n) is 5.19. The molecular formula is C16H23N3O2. The van der Waals surface area contributed by atoms with Gasteiger partial charge in [0.1, 0.15) is 5.75 Å². The van der Waals surface area contributed by atoms with E-state index in [0.29, 0.717) is 24.2 Å². The molecule has 0 aliphatic heterocycles. The molecule has 0 saturated heterocycles. The number of nitrogens with zero attached hydrogens (tertiary/aromatic N) is 2. The Kier molecular flexibility index (Phi) is 5.75. The number of ether oxygens (including phenoxy) is 1. The zero-order chi connectivity index (χ0) is 15.1. The topological polar surface area (TPSA) is 74.2 Å². The van der Waals surface area contributed by atoms with Crippen LogP contribution < -0.4 is 10.5 Å². The Morgan fingerprint density at radius 1 is 1.33 bits per heavy atom. The van der Waals surface area contributed by atoms with Crippen molar-refractivity contribution < 1.29 is 9.26 Å². The Labute approximate surface area is 125 Å². The highest BCUT2D eigenvalue weighted by molar-refractivity contribution is 5.56. The molecule has 1 aromatic heterocycles. The monoisotopic (exact) mass is 289 g/mol. The summed E-state index contributed by atoms with van der Waals surface area (Å²) in [5.74, 6) is 2.68. The van der Waals surface area contributed by atoms with Gasteiger partial charge in [0, 0.05) is 12.0 Å². The number of aromatic nitrogens is 2. The van der Waals surface area contributed by atoms with Crippen molar-refractivity contribution in [3.63, 3.8) is 0 Å². The Hall–Kier alpha value is -1.88. The van der Waals surface area contributed by atoms with Gasteiger partial charge in [0.15, 0.2) is 0 Å². The molecule has 2 aromatic rings. The van der Waals surface area contributed by atoms with Gasteiger partial charge in [-0.2, -0.15) is 4.98 Å². The van der Waals surface area contributed by atoms with E-state index in [9.17, 15) is 0 Å². The Morgan fingerprint density at radius 3 is 2.95 bits per heavy atom. The highest BCUT2D eigenvalue weighted by atomic mass is 16.5. The molecule has 0 aliphatic carbocycles. The molecule has 114 valence electrons. The van der Waals surface area contributed by atoms with Crippen molar-refractivity contribution in [2.24, 2.45) is 11.7 Å². The summed E-state index contributed by atoms with van der Waals surface area (Å²) in [4.78, 5) is 4.45. The van der Waals surface area contributed by atoms with E-state index in [0.717, 1.165) is 37.1 Å². The van der Waals surface area contributed by atoms with E-state index in [4.69, 9.17) is 15.0 Å². The molecule has 21 heavy (non-hydrogen) atoms. The van der Waals surface area contributed by atoms with Crippen LogP contribution in [0.15, 0.2) is 28.8 Å². The van der Waals surface area contributed by atoms with Gasteiger partial charge in [0.2, 0.25) is 11.7 Å². The third-order valence-electron chi connectivity index (χ3n) is 3.38. The minimum Gasteiger partial charge on any atom is -0.494 e. The van der Waals surface area contributed by atoms with Crippen molar-refractivity contribution in [3.05, 3.63) is 30.2 Å². The smallest absolute Gasteiger partial charge is 0.226 e. The number of hydrogen-bond acceptors (Lipinski definition) is 5. The molecular weight excluding hydrogens is 266 g/mol. The molecule has 0 saturated carbocycles. The largest absolute Gasteiger partial charge is 0.494 e. The standard InChI is InChI=1S/C16H23N3O2/c1-3-20-14-6-4-5-13(11-14)16-18-15(21-19-16)8-7-12(2)9-10-17/h4-6,11-12H,3,7-10,17H2,1-2H3. The fourth-order valence-corrected chi connectivity index (χ4v) is 2.16. The first kappa shape index (κ1) is 15.5. The van der Waals surface area contributed by atoms with Crippen molar-refractivity contribution in [1.82, 2.24) is 10.1 Å². The van der Waals surface area contributed by atoms with E-state index >= 15 is 0 Å². The van der Waals surface area contributed by atoms with E-state index in [2.05, 4.69) is 17.1 Å². The lowest BCUT2D eigenvalue weighted by Gasteiger charge is -2.06. The number of rotatable bonds is 8. The van der Waals surface area contributed by atoms with Crippen LogP contribution in [-0.2, 0) is 6.42 Å².